The number of aromatic nitrogens is 4. The molecule has 30 heavy (non-hydrogen) atoms. The zero-order valence-corrected chi connectivity index (χ0v) is 16.2. The number of hydrogen-bond acceptors (Lipinski definition) is 5. The Labute approximate surface area is 171 Å². The highest BCUT2D eigenvalue weighted by atomic mass is 16.2. The average molecular weight is 400 g/mol. The maximum atomic E-state index is 12.9. The first-order chi connectivity index (χ1) is 14.7. The second kappa shape index (κ2) is 7.23. The number of nitrogens with zero attached hydrogens (tertiary/aromatic N) is 4. The third-order valence-electron chi connectivity index (χ3n) is 5.55. The molecule has 0 radical (unpaired) electrons. The van der Waals surface area contributed by atoms with Crippen LogP contribution in [0.4, 0.5) is 0 Å². The van der Waals surface area contributed by atoms with Gasteiger partial charge < -0.3 is 10.6 Å². The van der Waals surface area contributed by atoms with E-state index in [1.54, 1.807) is 6.07 Å². The van der Waals surface area contributed by atoms with Crippen molar-refractivity contribution < 1.29 is 4.79 Å². The Bertz CT molecular complexity index is 1310. The van der Waals surface area contributed by atoms with E-state index in [0.29, 0.717) is 36.3 Å². The molecule has 0 aliphatic carbocycles. The van der Waals surface area contributed by atoms with Gasteiger partial charge in [0.25, 0.3) is 11.5 Å². The van der Waals surface area contributed by atoms with E-state index < -0.39 is 0 Å². The first kappa shape index (κ1) is 18.3. The minimum absolute atomic E-state index is 0.00802. The van der Waals surface area contributed by atoms with Crippen molar-refractivity contribution in [2.24, 2.45) is 5.73 Å². The van der Waals surface area contributed by atoms with Crippen LogP contribution < -0.4 is 11.3 Å². The van der Waals surface area contributed by atoms with E-state index in [1.807, 2.05) is 58.2 Å². The normalized spacial score (nSPS) is 13.4. The number of carbonyl (C=O) groups is 1. The second-order valence-electron chi connectivity index (χ2n) is 7.28. The summed E-state index contributed by atoms with van der Waals surface area (Å²) in [5, 5.41) is 12.3. The molecule has 150 valence electrons. The van der Waals surface area contributed by atoms with Crippen LogP contribution in [-0.2, 0) is 19.6 Å². The molecule has 4 aromatic rings. The first-order valence-corrected chi connectivity index (χ1v) is 9.76. The maximum absolute atomic E-state index is 12.9. The molecule has 1 aliphatic rings. The van der Waals surface area contributed by atoms with E-state index in [0.717, 1.165) is 22.2 Å². The summed E-state index contributed by atoms with van der Waals surface area (Å²) in [5.41, 5.74) is 9.69. The second-order valence-corrected chi connectivity index (χ2v) is 7.28. The van der Waals surface area contributed by atoms with Crippen molar-refractivity contribution in [1.82, 2.24) is 24.9 Å². The minimum atomic E-state index is -0.245. The fourth-order valence-corrected chi connectivity index (χ4v) is 3.97. The molecule has 0 saturated carbocycles. The summed E-state index contributed by atoms with van der Waals surface area (Å²) in [6.45, 7) is 1.94. The molecule has 2 aromatic carbocycles. The SMILES string of the molecule is NCc1n[nH]c(=O)c2ccc(-c3cnn4c3CN(C(=O)c3ccccc3)CC4)cc12. The van der Waals surface area contributed by atoms with Gasteiger partial charge in [-0.25, -0.2) is 5.10 Å². The van der Waals surface area contributed by atoms with Crippen LogP contribution in [0.25, 0.3) is 21.9 Å². The standard InChI is InChI=1S/C22H20N6O2/c23-11-19-17-10-15(6-7-16(17)21(29)26-25-19)18-12-24-28-9-8-27(13-20(18)28)22(30)14-4-2-1-3-5-14/h1-7,10,12H,8-9,11,13,23H2,(H,26,29). The summed E-state index contributed by atoms with van der Waals surface area (Å²) in [6.07, 6.45) is 1.82. The van der Waals surface area contributed by atoms with Crippen molar-refractivity contribution >= 4 is 16.7 Å². The number of carbonyl (C=O) groups excluding carboxylic acids is 1. The fourth-order valence-electron chi connectivity index (χ4n) is 3.97. The summed E-state index contributed by atoms with van der Waals surface area (Å²) in [4.78, 5) is 26.9. The molecule has 0 atom stereocenters. The van der Waals surface area contributed by atoms with Crippen LogP contribution in [0.3, 0.4) is 0 Å². The number of aromatic amines is 1. The van der Waals surface area contributed by atoms with Gasteiger partial charge >= 0.3 is 0 Å². The summed E-state index contributed by atoms with van der Waals surface area (Å²) >= 11 is 0. The predicted molar refractivity (Wildman–Crippen MR) is 113 cm³/mol. The lowest BCUT2D eigenvalue weighted by atomic mass is 10.0. The Kier molecular flexibility index (Phi) is 4.40. The fraction of sp³-hybridized carbons (Fsp3) is 0.182. The van der Waals surface area contributed by atoms with Gasteiger partial charge in [-0.2, -0.15) is 10.2 Å². The molecule has 1 amide bonds. The number of nitrogens with one attached hydrogen (secondary N) is 1. The summed E-state index contributed by atoms with van der Waals surface area (Å²) in [7, 11) is 0. The molecular weight excluding hydrogens is 380 g/mol. The third-order valence-corrected chi connectivity index (χ3v) is 5.55. The number of rotatable bonds is 3. The third kappa shape index (κ3) is 2.98. The van der Waals surface area contributed by atoms with Crippen molar-refractivity contribution in [3.63, 3.8) is 0 Å². The molecule has 0 bridgehead atoms. The average Bonchev–Trinajstić information content (AvgIpc) is 3.22. The number of fused-ring (bicyclic) bond motifs is 2. The van der Waals surface area contributed by atoms with Crippen LogP contribution >= 0.6 is 0 Å². The molecule has 0 unspecified atom stereocenters. The van der Waals surface area contributed by atoms with Crippen molar-refractivity contribution in [2.75, 3.05) is 6.54 Å². The molecular formula is C22H20N6O2. The lowest BCUT2D eigenvalue weighted by Gasteiger charge is -2.28. The van der Waals surface area contributed by atoms with Gasteiger partial charge in [-0.15, -0.1) is 0 Å². The molecule has 8 nitrogen and oxygen atoms in total. The lowest BCUT2D eigenvalue weighted by Crippen LogP contribution is -2.38. The van der Waals surface area contributed by atoms with Gasteiger partial charge in [-0.05, 0) is 29.8 Å². The smallest absolute Gasteiger partial charge is 0.272 e. The topological polar surface area (TPSA) is 110 Å². The molecule has 1 aliphatic heterocycles. The van der Waals surface area contributed by atoms with E-state index in [2.05, 4.69) is 15.3 Å². The number of amides is 1. The van der Waals surface area contributed by atoms with Crippen molar-refractivity contribution in [1.29, 1.82) is 0 Å². The monoisotopic (exact) mass is 400 g/mol. The van der Waals surface area contributed by atoms with Gasteiger partial charge in [0, 0.05) is 29.6 Å². The van der Waals surface area contributed by atoms with Crippen molar-refractivity contribution in [3.8, 4) is 11.1 Å². The number of nitrogens with two attached hydrogens (primary N) is 1. The van der Waals surface area contributed by atoms with Gasteiger partial charge in [0.2, 0.25) is 0 Å². The lowest BCUT2D eigenvalue weighted by molar-refractivity contribution is 0.0706. The van der Waals surface area contributed by atoms with Crippen LogP contribution in [0.2, 0.25) is 0 Å². The molecule has 0 fully saturated rings. The molecule has 5 rings (SSSR count). The quantitative estimate of drug-likeness (QED) is 0.546. The van der Waals surface area contributed by atoms with Crippen LogP contribution in [0, 0.1) is 0 Å². The summed E-state index contributed by atoms with van der Waals surface area (Å²) < 4.78 is 1.94. The first-order valence-electron chi connectivity index (χ1n) is 9.76. The van der Waals surface area contributed by atoms with E-state index >= 15 is 0 Å². The number of H-pyrrole nitrogens is 1. The molecule has 0 spiro atoms. The molecule has 2 aromatic heterocycles. The molecule has 3 N–H and O–H groups in total. The number of benzene rings is 2. The van der Waals surface area contributed by atoms with Gasteiger partial charge in [0.05, 0.1) is 36.1 Å². The Hall–Kier alpha value is -3.78. The highest BCUT2D eigenvalue weighted by Crippen LogP contribution is 2.30. The predicted octanol–water partition coefficient (Wildman–Crippen LogP) is 1.90. The van der Waals surface area contributed by atoms with Crippen molar-refractivity contribution in [2.45, 2.75) is 19.6 Å². The summed E-state index contributed by atoms with van der Waals surface area (Å²) in [6, 6.07) is 14.9. The van der Waals surface area contributed by atoms with Gasteiger partial charge in [-0.1, -0.05) is 24.3 Å². The zero-order valence-electron chi connectivity index (χ0n) is 16.2. The van der Waals surface area contributed by atoms with E-state index in [-0.39, 0.29) is 18.0 Å². The number of hydrogen-bond donors (Lipinski definition) is 2. The molecule has 8 heteroatoms. The van der Waals surface area contributed by atoms with E-state index in [1.165, 1.54) is 0 Å². The summed E-state index contributed by atoms with van der Waals surface area (Å²) in [5.74, 6) is 0.00802. The Morgan fingerprint density at radius 3 is 2.73 bits per heavy atom. The largest absolute Gasteiger partial charge is 0.331 e. The van der Waals surface area contributed by atoms with Crippen LogP contribution in [0.15, 0.2) is 59.5 Å². The Morgan fingerprint density at radius 1 is 1.10 bits per heavy atom. The van der Waals surface area contributed by atoms with E-state index in [4.69, 9.17) is 5.73 Å². The maximum Gasteiger partial charge on any atom is 0.272 e. The van der Waals surface area contributed by atoms with Gasteiger partial charge in [0.15, 0.2) is 0 Å². The highest BCUT2D eigenvalue weighted by molar-refractivity contribution is 5.94. The van der Waals surface area contributed by atoms with Gasteiger partial charge in [-0.3, -0.25) is 14.3 Å². The van der Waals surface area contributed by atoms with Crippen LogP contribution in [0.5, 0.6) is 0 Å². The van der Waals surface area contributed by atoms with Crippen LogP contribution in [-0.4, -0.2) is 37.3 Å². The van der Waals surface area contributed by atoms with Crippen molar-refractivity contribution in [3.05, 3.63) is 82.0 Å². The molecule has 3 heterocycles. The molecule has 0 saturated heterocycles. The van der Waals surface area contributed by atoms with Gasteiger partial charge in [0.1, 0.15) is 0 Å². The van der Waals surface area contributed by atoms with Crippen LogP contribution in [0.1, 0.15) is 21.7 Å². The highest BCUT2D eigenvalue weighted by Gasteiger charge is 2.25. The zero-order chi connectivity index (χ0) is 20.7. The Balaban J connectivity index is 1.54. The van der Waals surface area contributed by atoms with E-state index in [9.17, 15) is 9.59 Å². The minimum Gasteiger partial charge on any atom is -0.331 e. The Morgan fingerprint density at radius 2 is 1.93 bits per heavy atom.